The molecule has 0 aliphatic heterocycles. The predicted octanol–water partition coefficient (Wildman–Crippen LogP) is 3.97. The molecule has 19 heavy (non-hydrogen) atoms. The summed E-state index contributed by atoms with van der Waals surface area (Å²) < 4.78 is 6.57. The van der Waals surface area contributed by atoms with Crippen LogP contribution >= 0.6 is 27.5 Å². The van der Waals surface area contributed by atoms with Crippen LogP contribution in [0.1, 0.15) is 11.1 Å². The van der Waals surface area contributed by atoms with E-state index in [1.54, 1.807) is 24.3 Å². The van der Waals surface area contributed by atoms with Gasteiger partial charge >= 0.3 is 0 Å². The number of ether oxygens (including phenoxy) is 1. The summed E-state index contributed by atoms with van der Waals surface area (Å²) in [4.78, 5) is 0. The van der Waals surface area contributed by atoms with E-state index in [9.17, 15) is 0 Å². The molecule has 3 N–H and O–H groups in total. The zero-order chi connectivity index (χ0) is 13.8. The summed E-state index contributed by atoms with van der Waals surface area (Å²) in [5.74, 6) is 0.756. The minimum atomic E-state index is 0.0440. The lowest BCUT2D eigenvalue weighted by Gasteiger charge is -2.08. The smallest absolute Gasteiger partial charge is 0.122 e. The van der Waals surface area contributed by atoms with E-state index in [1.807, 2.05) is 18.2 Å². The number of amidine groups is 1. The van der Waals surface area contributed by atoms with Gasteiger partial charge in [0.05, 0.1) is 0 Å². The lowest BCUT2D eigenvalue weighted by atomic mass is 10.2. The summed E-state index contributed by atoms with van der Waals surface area (Å²) in [6, 6.07) is 12.7. The maximum atomic E-state index is 7.31. The zero-order valence-electron chi connectivity index (χ0n) is 9.99. The van der Waals surface area contributed by atoms with Gasteiger partial charge < -0.3 is 10.5 Å². The van der Waals surface area contributed by atoms with E-state index < -0.39 is 0 Å². The molecule has 0 saturated heterocycles. The minimum Gasteiger partial charge on any atom is -0.489 e. The largest absolute Gasteiger partial charge is 0.489 e. The van der Waals surface area contributed by atoms with Gasteiger partial charge in [-0.15, -0.1) is 0 Å². The summed E-state index contributed by atoms with van der Waals surface area (Å²) in [6.45, 7) is 0.394. The summed E-state index contributed by atoms with van der Waals surface area (Å²) in [5.41, 5.74) is 6.98. The zero-order valence-corrected chi connectivity index (χ0v) is 12.3. The van der Waals surface area contributed by atoms with Gasteiger partial charge in [0.15, 0.2) is 0 Å². The first-order valence-corrected chi connectivity index (χ1v) is 6.74. The van der Waals surface area contributed by atoms with Crippen molar-refractivity contribution in [3.63, 3.8) is 0 Å². The number of nitrogens with two attached hydrogens (primary N) is 1. The van der Waals surface area contributed by atoms with Crippen LogP contribution in [-0.2, 0) is 6.61 Å². The second-order valence-electron chi connectivity index (χ2n) is 3.96. The Morgan fingerprint density at radius 2 is 1.89 bits per heavy atom. The highest BCUT2D eigenvalue weighted by Crippen LogP contribution is 2.23. The normalized spacial score (nSPS) is 10.2. The van der Waals surface area contributed by atoms with E-state index in [1.165, 1.54) is 0 Å². The van der Waals surface area contributed by atoms with Gasteiger partial charge in [-0.3, -0.25) is 5.41 Å². The second kappa shape index (κ2) is 6.08. The molecule has 3 nitrogen and oxygen atoms in total. The van der Waals surface area contributed by atoms with E-state index in [4.69, 9.17) is 27.5 Å². The molecule has 0 bridgehead atoms. The summed E-state index contributed by atoms with van der Waals surface area (Å²) in [6.07, 6.45) is 0. The predicted molar refractivity (Wildman–Crippen MR) is 80.9 cm³/mol. The molecule has 98 valence electrons. The average Bonchev–Trinajstić information content (AvgIpc) is 2.38. The van der Waals surface area contributed by atoms with Gasteiger partial charge in [0.1, 0.15) is 18.2 Å². The van der Waals surface area contributed by atoms with Crippen LogP contribution in [0.5, 0.6) is 5.75 Å². The van der Waals surface area contributed by atoms with Crippen LogP contribution < -0.4 is 10.5 Å². The van der Waals surface area contributed by atoms with Crippen molar-refractivity contribution in [3.05, 3.63) is 63.1 Å². The Balaban J connectivity index is 2.04. The van der Waals surface area contributed by atoms with Crippen LogP contribution in [-0.4, -0.2) is 5.84 Å². The fraction of sp³-hybridized carbons (Fsp3) is 0.0714. The second-order valence-corrected chi connectivity index (χ2v) is 5.29. The lowest BCUT2D eigenvalue weighted by molar-refractivity contribution is 0.306. The molecule has 0 saturated carbocycles. The van der Waals surface area contributed by atoms with Crippen molar-refractivity contribution in [2.24, 2.45) is 5.73 Å². The van der Waals surface area contributed by atoms with Crippen molar-refractivity contribution in [1.29, 1.82) is 5.41 Å². The third-order valence-corrected chi connectivity index (χ3v) is 3.42. The number of hydrogen-bond donors (Lipinski definition) is 2. The van der Waals surface area contributed by atoms with Crippen LogP contribution in [0.25, 0.3) is 0 Å². The number of nitrogens with one attached hydrogen (secondary N) is 1. The van der Waals surface area contributed by atoms with Crippen LogP contribution in [0, 0.1) is 5.41 Å². The van der Waals surface area contributed by atoms with Gasteiger partial charge in [0.2, 0.25) is 0 Å². The third-order valence-electron chi connectivity index (χ3n) is 2.57. The molecule has 0 aliphatic carbocycles. The first-order chi connectivity index (χ1) is 9.06. The third kappa shape index (κ3) is 3.72. The van der Waals surface area contributed by atoms with Gasteiger partial charge in [-0.1, -0.05) is 33.6 Å². The van der Waals surface area contributed by atoms with E-state index >= 15 is 0 Å². The molecule has 0 amide bonds. The van der Waals surface area contributed by atoms with Gasteiger partial charge in [0, 0.05) is 20.6 Å². The lowest BCUT2D eigenvalue weighted by Crippen LogP contribution is -2.10. The molecule has 0 unspecified atom stereocenters. The Labute approximate surface area is 125 Å². The molecule has 2 aromatic rings. The number of nitrogen functional groups attached to an aromatic ring is 1. The molecular weight excluding hydrogens is 328 g/mol. The van der Waals surface area contributed by atoms with E-state index in [0.717, 1.165) is 10.0 Å². The Kier molecular flexibility index (Phi) is 4.45. The molecule has 0 aromatic heterocycles. The summed E-state index contributed by atoms with van der Waals surface area (Å²) in [7, 11) is 0. The fourth-order valence-corrected chi connectivity index (χ4v) is 2.26. The van der Waals surface area contributed by atoms with E-state index in [2.05, 4.69) is 15.9 Å². The highest BCUT2D eigenvalue weighted by molar-refractivity contribution is 9.10. The Hall–Kier alpha value is -1.52. The Morgan fingerprint density at radius 1 is 1.21 bits per heavy atom. The SMILES string of the molecule is N=C(N)c1ccc(OCc2ccc(Br)cc2Cl)cc1. The monoisotopic (exact) mass is 338 g/mol. The Morgan fingerprint density at radius 3 is 2.47 bits per heavy atom. The van der Waals surface area contributed by atoms with Crippen LogP contribution in [0.15, 0.2) is 46.9 Å². The van der Waals surface area contributed by atoms with Crippen molar-refractivity contribution in [2.45, 2.75) is 6.61 Å². The first-order valence-electron chi connectivity index (χ1n) is 5.57. The Bertz CT molecular complexity index is 599. The molecule has 0 atom stereocenters. The van der Waals surface area contributed by atoms with Crippen LogP contribution in [0.3, 0.4) is 0 Å². The summed E-state index contributed by atoms with van der Waals surface area (Å²) >= 11 is 9.46. The molecule has 0 fully saturated rings. The van der Waals surface area contributed by atoms with Crippen LogP contribution in [0.2, 0.25) is 5.02 Å². The van der Waals surface area contributed by atoms with Crippen molar-refractivity contribution < 1.29 is 4.74 Å². The number of hydrogen-bond acceptors (Lipinski definition) is 2. The highest BCUT2D eigenvalue weighted by atomic mass is 79.9. The molecule has 2 aromatic carbocycles. The average molecular weight is 340 g/mol. The molecule has 0 aliphatic rings. The number of benzene rings is 2. The molecule has 0 spiro atoms. The highest BCUT2D eigenvalue weighted by Gasteiger charge is 2.03. The number of halogens is 2. The summed E-state index contributed by atoms with van der Waals surface area (Å²) in [5, 5.41) is 7.97. The fourth-order valence-electron chi connectivity index (χ4n) is 1.53. The maximum absolute atomic E-state index is 7.31. The topological polar surface area (TPSA) is 59.1 Å². The van der Waals surface area contributed by atoms with Gasteiger partial charge in [-0.05, 0) is 36.4 Å². The molecule has 0 radical (unpaired) electrons. The first kappa shape index (κ1) is 13.9. The maximum Gasteiger partial charge on any atom is 0.122 e. The van der Waals surface area contributed by atoms with Crippen molar-refractivity contribution in [1.82, 2.24) is 0 Å². The van der Waals surface area contributed by atoms with Gasteiger partial charge in [-0.25, -0.2) is 0 Å². The van der Waals surface area contributed by atoms with E-state index in [0.29, 0.717) is 22.9 Å². The molecule has 0 heterocycles. The van der Waals surface area contributed by atoms with Crippen molar-refractivity contribution in [2.75, 3.05) is 0 Å². The molecular formula is C14H12BrClN2O. The number of rotatable bonds is 4. The molecule has 5 heteroatoms. The van der Waals surface area contributed by atoms with Crippen molar-refractivity contribution >= 4 is 33.4 Å². The molecule has 2 rings (SSSR count). The quantitative estimate of drug-likeness (QED) is 0.654. The van der Waals surface area contributed by atoms with Crippen molar-refractivity contribution in [3.8, 4) is 5.75 Å². The van der Waals surface area contributed by atoms with Gasteiger partial charge in [-0.2, -0.15) is 0 Å². The van der Waals surface area contributed by atoms with Crippen LogP contribution in [0.4, 0.5) is 0 Å². The van der Waals surface area contributed by atoms with Gasteiger partial charge in [0.25, 0.3) is 0 Å². The minimum absolute atomic E-state index is 0.0440. The standard InChI is InChI=1S/C14H12BrClN2O/c15-11-4-1-10(13(16)7-11)8-19-12-5-2-9(3-6-12)14(17)18/h1-7H,8H2,(H3,17,18). The van der Waals surface area contributed by atoms with E-state index in [-0.39, 0.29) is 5.84 Å².